The Bertz CT molecular complexity index is 1490. The van der Waals surface area contributed by atoms with Gasteiger partial charge in [0, 0.05) is 37.7 Å². The van der Waals surface area contributed by atoms with Gasteiger partial charge < -0.3 is 10.6 Å². The number of benzene rings is 1. The number of nitrogens with zero attached hydrogens (tertiary/aromatic N) is 4. The van der Waals surface area contributed by atoms with E-state index in [4.69, 9.17) is 5.10 Å². The van der Waals surface area contributed by atoms with Crippen LogP contribution in [0.4, 0.5) is 5.82 Å². The smallest absolute Gasteiger partial charge is 0.257 e. The minimum absolute atomic E-state index is 0.0968. The Hall–Kier alpha value is -3.86. The second kappa shape index (κ2) is 8.98. The molecule has 0 radical (unpaired) electrons. The van der Waals surface area contributed by atoms with Crippen LogP contribution in [0.15, 0.2) is 47.6 Å². The van der Waals surface area contributed by atoms with Crippen molar-refractivity contribution in [2.45, 2.75) is 31.2 Å². The molecule has 186 valence electrons. The molecule has 11 heteroatoms. The van der Waals surface area contributed by atoms with Gasteiger partial charge in [-0.25, -0.2) is 13.4 Å². The molecule has 2 amide bonds. The van der Waals surface area contributed by atoms with Crippen LogP contribution in [0, 0.1) is 0 Å². The van der Waals surface area contributed by atoms with Crippen molar-refractivity contribution in [3.8, 4) is 5.82 Å². The standard InChI is InChI=1S/C25H26N6O4S/c1-26-13-16-9-10-20(27-14-16)31-23(28-21(32)15-36(2,34)35)22-19(30-31)12-25(29-24(22)33)11-5-7-17-6-3-4-8-18(17)25/h3-4,6,8-10,13-14H,5,7,11-12,15H2,1-2H3,(H,28,32)(H,29,33)/b26-13+/t25-/m0/s1. The predicted molar refractivity (Wildman–Crippen MR) is 135 cm³/mol. The summed E-state index contributed by atoms with van der Waals surface area (Å²) in [5, 5.41) is 10.5. The van der Waals surface area contributed by atoms with Gasteiger partial charge in [0.05, 0.1) is 11.2 Å². The van der Waals surface area contributed by atoms with E-state index in [9.17, 15) is 18.0 Å². The molecule has 1 aromatic carbocycles. The Morgan fingerprint density at radius 2 is 2.08 bits per heavy atom. The van der Waals surface area contributed by atoms with Crippen LogP contribution in [-0.2, 0) is 33.0 Å². The quantitative estimate of drug-likeness (QED) is 0.507. The molecule has 1 spiro atoms. The van der Waals surface area contributed by atoms with Crippen LogP contribution in [0.5, 0.6) is 0 Å². The zero-order chi connectivity index (χ0) is 25.5. The lowest BCUT2D eigenvalue weighted by Crippen LogP contribution is -2.52. The summed E-state index contributed by atoms with van der Waals surface area (Å²) in [4.78, 5) is 34.6. The molecule has 0 saturated carbocycles. The molecule has 1 aliphatic carbocycles. The molecular weight excluding hydrogens is 480 g/mol. The number of sulfone groups is 1. The van der Waals surface area contributed by atoms with Gasteiger partial charge in [-0.05, 0) is 42.5 Å². The van der Waals surface area contributed by atoms with Crippen LogP contribution in [0.1, 0.15) is 45.6 Å². The van der Waals surface area contributed by atoms with Crippen molar-refractivity contribution in [2.75, 3.05) is 24.4 Å². The molecule has 1 aliphatic heterocycles. The second-order valence-corrected chi connectivity index (χ2v) is 11.4. The molecule has 5 rings (SSSR count). The lowest BCUT2D eigenvalue weighted by molar-refractivity contribution is -0.113. The molecule has 0 fully saturated rings. The van der Waals surface area contributed by atoms with Crippen LogP contribution in [-0.4, -0.2) is 60.3 Å². The number of fused-ring (bicyclic) bond motifs is 3. The molecule has 2 aliphatic rings. The van der Waals surface area contributed by atoms with E-state index in [0.29, 0.717) is 17.9 Å². The number of anilines is 1. The maximum absolute atomic E-state index is 13.6. The normalized spacial score (nSPS) is 19.1. The van der Waals surface area contributed by atoms with Crippen LogP contribution in [0.25, 0.3) is 5.82 Å². The molecule has 2 N–H and O–H groups in total. The van der Waals surface area contributed by atoms with Gasteiger partial charge in [-0.1, -0.05) is 24.3 Å². The van der Waals surface area contributed by atoms with E-state index in [0.717, 1.165) is 36.6 Å². The number of carbonyl (C=O) groups is 2. The predicted octanol–water partition coefficient (Wildman–Crippen LogP) is 1.82. The number of aliphatic imine (C=N–C) groups is 1. The molecule has 36 heavy (non-hydrogen) atoms. The number of nitrogens with one attached hydrogen (secondary N) is 2. The lowest BCUT2D eigenvalue weighted by Gasteiger charge is -2.42. The first kappa shape index (κ1) is 23.9. The average Bonchev–Trinajstić information content (AvgIpc) is 3.17. The number of carbonyl (C=O) groups excluding carboxylic acids is 2. The van der Waals surface area contributed by atoms with Crippen molar-refractivity contribution in [1.82, 2.24) is 20.1 Å². The highest BCUT2D eigenvalue weighted by atomic mass is 32.2. The molecule has 0 unspecified atom stereocenters. The molecule has 0 bridgehead atoms. The molecule has 0 saturated heterocycles. The summed E-state index contributed by atoms with van der Waals surface area (Å²) in [5.41, 5.74) is 3.19. The Balaban J connectivity index is 1.61. The third-order valence-corrected chi connectivity index (χ3v) is 7.29. The summed E-state index contributed by atoms with van der Waals surface area (Å²) in [5.74, 6) is -1.38. The summed E-state index contributed by atoms with van der Waals surface area (Å²) >= 11 is 0. The van der Waals surface area contributed by atoms with Gasteiger partial charge in [-0.15, -0.1) is 0 Å². The van der Waals surface area contributed by atoms with Crippen LogP contribution < -0.4 is 10.6 Å². The summed E-state index contributed by atoms with van der Waals surface area (Å²) in [6, 6.07) is 11.6. The maximum atomic E-state index is 13.6. The van der Waals surface area contributed by atoms with E-state index in [2.05, 4.69) is 26.7 Å². The first-order chi connectivity index (χ1) is 17.2. The van der Waals surface area contributed by atoms with E-state index < -0.39 is 27.0 Å². The van der Waals surface area contributed by atoms with Gasteiger partial charge in [0.2, 0.25) is 5.91 Å². The second-order valence-electron chi connectivity index (χ2n) is 9.26. The van der Waals surface area contributed by atoms with Gasteiger partial charge in [-0.2, -0.15) is 9.78 Å². The highest BCUT2D eigenvalue weighted by Crippen LogP contribution is 2.42. The zero-order valence-electron chi connectivity index (χ0n) is 20.0. The van der Waals surface area contributed by atoms with Gasteiger partial charge in [0.15, 0.2) is 21.5 Å². The van der Waals surface area contributed by atoms with Gasteiger partial charge in [0.1, 0.15) is 11.3 Å². The SMILES string of the molecule is C/N=C/c1ccc(-n2nc3c(c2NC(=O)CS(C)(=O)=O)C(=O)N[C@@]2(CCCc4ccccc42)C3)nc1. The molecule has 3 aromatic rings. The third kappa shape index (κ3) is 4.41. The molecular formula is C25H26N6O4S. The van der Waals surface area contributed by atoms with Gasteiger partial charge in [-0.3, -0.25) is 14.6 Å². The Morgan fingerprint density at radius 3 is 2.81 bits per heavy atom. The van der Waals surface area contributed by atoms with Crippen molar-refractivity contribution in [2.24, 2.45) is 4.99 Å². The van der Waals surface area contributed by atoms with Crippen LogP contribution in [0.3, 0.4) is 0 Å². The van der Waals surface area contributed by atoms with Crippen molar-refractivity contribution < 1.29 is 18.0 Å². The first-order valence-corrected chi connectivity index (χ1v) is 13.6. The third-order valence-electron chi connectivity index (χ3n) is 6.51. The van der Waals surface area contributed by atoms with Crippen molar-refractivity contribution in [3.05, 3.63) is 70.5 Å². The molecule has 2 aromatic heterocycles. The number of rotatable bonds is 5. The summed E-state index contributed by atoms with van der Waals surface area (Å²) in [7, 11) is -1.92. The highest BCUT2D eigenvalue weighted by Gasteiger charge is 2.45. The van der Waals surface area contributed by atoms with E-state index in [-0.39, 0.29) is 17.3 Å². The summed E-state index contributed by atoms with van der Waals surface area (Å²) < 4.78 is 24.8. The van der Waals surface area contributed by atoms with Crippen molar-refractivity contribution in [3.63, 3.8) is 0 Å². The minimum Gasteiger partial charge on any atom is -0.342 e. The zero-order valence-corrected chi connectivity index (χ0v) is 20.8. The first-order valence-electron chi connectivity index (χ1n) is 11.6. The monoisotopic (exact) mass is 506 g/mol. The fraction of sp³-hybridized carbons (Fsp3) is 0.320. The topological polar surface area (TPSA) is 135 Å². The molecule has 10 nitrogen and oxygen atoms in total. The van der Waals surface area contributed by atoms with Crippen LogP contribution in [0.2, 0.25) is 0 Å². The van der Waals surface area contributed by atoms with E-state index >= 15 is 0 Å². The Morgan fingerprint density at radius 1 is 1.28 bits per heavy atom. The summed E-state index contributed by atoms with van der Waals surface area (Å²) in [6.45, 7) is 0. The fourth-order valence-corrected chi connectivity index (χ4v) is 5.65. The van der Waals surface area contributed by atoms with E-state index in [1.54, 1.807) is 31.6 Å². The molecule has 1 atom stereocenters. The average molecular weight is 507 g/mol. The minimum atomic E-state index is -3.58. The van der Waals surface area contributed by atoms with E-state index in [1.165, 1.54) is 10.2 Å². The Labute approximate surface area is 208 Å². The summed E-state index contributed by atoms with van der Waals surface area (Å²) in [6.07, 6.45) is 7.30. The number of aromatic nitrogens is 3. The number of amides is 2. The Kier molecular flexibility index (Phi) is 5.95. The van der Waals surface area contributed by atoms with Crippen LogP contribution >= 0.6 is 0 Å². The largest absolute Gasteiger partial charge is 0.342 e. The maximum Gasteiger partial charge on any atom is 0.257 e. The lowest BCUT2D eigenvalue weighted by atomic mass is 9.72. The van der Waals surface area contributed by atoms with Gasteiger partial charge in [0.25, 0.3) is 5.91 Å². The number of aryl methyl sites for hydroxylation is 1. The highest BCUT2D eigenvalue weighted by molar-refractivity contribution is 7.91. The number of hydrogen-bond donors (Lipinski definition) is 2. The fourth-order valence-electron chi connectivity index (χ4n) is 5.11. The number of pyridine rings is 1. The van der Waals surface area contributed by atoms with Gasteiger partial charge >= 0.3 is 0 Å². The number of hydrogen-bond acceptors (Lipinski definition) is 7. The molecule has 3 heterocycles. The van der Waals surface area contributed by atoms with Crippen molar-refractivity contribution >= 4 is 33.7 Å². The van der Waals surface area contributed by atoms with E-state index in [1.807, 2.05) is 18.2 Å². The van der Waals surface area contributed by atoms with Crippen molar-refractivity contribution in [1.29, 1.82) is 0 Å².